The normalized spacial score (nSPS) is 11.7. The molecule has 8 heteroatoms. The topological polar surface area (TPSA) is 118 Å². The highest BCUT2D eigenvalue weighted by Gasteiger charge is 2.11. The van der Waals surface area contributed by atoms with E-state index in [1.807, 2.05) is 36.5 Å². The van der Waals surface area contributed by atoms with Crippen molar-refractivity contribution in [2.45, 2.75) is 6.54 Å². The number of benzene rings is 1. The van der Waals surface area contributed by atoms with Crippen LogP contribution in [0.2, 0.25) is 0 Å². The fourth-order valence-electron chi connectivity index (χ4n) is 1.86. The maximum Gasteiger partial charge on any atom is 0.414 e. The van der Waals surface area contributed by atoms with Gasteiger partial charge in [-0.1, -0.05) is 6.07 Å². The van der Waals surface area contributed by atoms with Crippen LogP contribution in [0.3, 0.4) is 0 Å². The highest BCUT2D eigenvalue weighted by atomic mass is 16.6. The minimum absolute atomic E-state index is 0.610. The minimum Gasteiger partial charge on any atom is -0.486 e. The van der Waals surface area contributed by atoms with Crippen molar-refractivity contribution >= 4 is 17.6 Å². The van der Waals surface area contributed by atoms with Gasteiger partial charge in [0.2, 0.25) is 0 Å². The van der Waals surface area contributed by atoms with Crippen molar-refractivity contribution in [3.8, 4) is 11.5 Å². The molecule has 1 aliphatic heterocycles. The standard InChI is InChI=1S/C14H14N2O2.C2H2O4/c1-2-11(9-15-5-1)10-16-12-3-4-13-14(8-12)18-7-6-17-13;3-1(4)2(5)6/h1-5,8-9,16H,6-7,10H2;(H,3,4)(H,5,6). The first-order chi connectivity index (χ1) is 11.6. The van der Waals surface area contributed by atoms with Gasteiger partial charge in [-0.3, -0.25) is 4.98 Å². The molecule has 1 aromatic heterocycles. The highest BCUT2D eigenvalue weighted by molar-refractivity contribution is 6.27. The van der Waals surface area contributed by atoms with Crippen LogP contribution in [-0.4, -0.2) is 40.3 Å². The Bertz CT molecular complexity index is 693. The number of fused-ring (bicyclic) bond motifs is 1. The molecule has 1 aliphatic rings. The second kappa shape index (κ2) is 8.37. The van der Waals surface area contributed by atoms with Crippen LogP contribution in [0.25, 0.3) is 0 Å². The van der Waals surface area contributed by atoms with E-state index in [0.717, 1.165) is 29.3 Å². The average molecular weight is 332 g/mol. The summed E-state index contributed by atoms with van der Waals surface area (Å²) in [6.07, 6.45) is 3.62. The molecule has 8 nitrogen and oxygen atoms in total. The lowest BCUT2D eigenvalue weighted by atomic mass is 10.2. The maximum atomic E-state index is 9.10. The highest BCUT2D eigenvalue weighted by Crippen LogP contribution is 2.32. The molecule has 0 fully saturated rings. The predicted molar refractivity (Wildman–Crippen MR) is 84.3 cm³/mol. The van der Waals surface area contributed by atoms with Crippen molar-refractivity contribution in [2.75, 3.05) is 18.5 Å². The van der Waals surface area contributed by atoms with Crippen LogP contribution in [-0.2, 0) is 16.1 Å². The fourth-order valence-corrected chi connectivity index (χ4v) is 1.86. The van der Waals surface area contributed by atoms with E-state index in [1.165, 1.54) is 0 Å². The number of nitrogens with one attached hydrogen (secondary N) is 1. The number of pyridine rings is 1. The number of hydrogen-bond donors (Lipinski definition) is 3. The van der Waals surface area contributed by atoms with Crippen molar-refractivity contribution < 1.29 is 29.3 Å². The zero-order valence-corrected chi connectivity index (χ0v) is 12.6. The Morgan fingerprint density at radius 2 is 1.79 bits per heavy atom. The third-order valence-corrected chi connectivity index (χ3v) is 2.94. The van der Waals surface area contributed by atoms with Gasteiger partial charge < -0.3 is 25.0 Å². The molecule has 0 saturated carbocycles. The van der Waals surface area contributed by atoms with Crippen LogP contribution in [0, 0.1) is 0 Å². The molecular weight excluding hydrogens is 316 g/mol. The predicted octanol–water partition coefficient (Wildman–Crippen LogP) is 1.62. The summed E-state index contributed by atoms with van der Waals surface area (Å²) >= 11 is 0. The number of anilines is 1. The lowest BCUT2D eigenvalue weighted by molar-refractivity contribution is -0.159. The van der Waals surface area contributed by atoms with Crippen LogP contribution >= 0.6 is 0 Å². The van der Waals surface area contributed by atoms with Crippen LogP contribution in [0.4, 0.5) is 5.69 Å². The Hall–Kier alpha value is -3.29. The van der Waals surface area contributed by atoms with Gasteiger partial charge in [0.25, 0.3) is 0 Å². The Kier molecular flexibility index (Phi) is 5.95. The summed E-state index contributed by atoms with van der Waals surface area (Å²) < 4.78 is 11.0. The van der Waals surface area contributed by atoms with Crippen molar-refractivity contribution in [1.82, 2.24) is 4.98 Å². The van der Waals surface area contributed by atoms with E-state index in [-0.39, 0.29) is 0 Å². The maximum absolute atomic E-state index is 9.10. The Morgan fingerprint density at radius 3 is 2.42 bits per heavy atom. The van der Waals surface area contributed by atoms with Gasteiger partial charge in [0.15, 0.2) is 11.5 Å². The Morgan fingerprint density at radius 1 is 1.08 bits per heavy atom. The third-order valence-electron chi connectivity index (χ3n) is 2.94. The molecule has 0 radical (unpaired) electrons. The van der Waals surface area contributed by atoms with Crippen molar-refractivity contribution in [3.05, 3.63) is 48.3 Å². The van der Waals surface area contributed by atoms with Gasteiger partial charge in [-0.25, -0.2) is 9.59 Å². The summed E-state index contributed by atoms with van der Waals surface area (Å²) in [7, 11) is 0. The molecule has 0 saturated heterocycles. The van der Waals surface area contributed by atoms with E-state index in [2.05, 4.69) is 10.3 Å². The van der Waals surface area contributed by atoms with Gasteiger partial charge in [-0.2, -0.15) is 0 Å². The zero-order valence-electron chi connectivity index (χ0n) is 12.6. The van der Waals surface area contributed by atoms with Gasteiger partial charge in [0.1, 0.15) is 13.2 Å². The van der Waals surface area contributed by atoms with E-state index in [4.69, 9.17) is 29.3 Å². The van der Waals surface area contributed by atoms with E-state index in [9.17, 15) is 0 Å². The Labute approximate surface area is 137 Å². The molecule has 0 unspecified atom stereocenters. The summed E-state index contributed by atoms with van der Waals surface area (Å²) in [5.41, 5.74) is 2.16. The van der Waals surface area contributed by atoms with E-state index in [1.54, 1.807) is 6.20 Å². The summed E-state index contributed by atoms with van der Waals surface area (Å²) in [4.78, 5) is 22.3. The fraction of sp³-hybridized carbons (Fsp3) is 0.188. The van der Waals surface area contributed by atoms with Gasteiger partial charge in [0.05, 0.1) is 0 Å². The monoisotopic (exact) mass is 332 g/mol. The third kappa shape index (κ3) is 5.16. The summed E-state index contributed by atoms with van der Waals surface area (Å²) in [5, 5.41) is 18.1. The molecule has 0 aliphatic carbocycles. The zero-order chi connectivity index (χ0) is 17.4. The average Bonchev–Trinajstić information content (AvgIpc) is 2.61. The molecule has 2 heterocycles. The van der Waals surface area contributed by atoms with Gasteiger partial charge in [-0.05, 0) is 23.8 Å². The first-order valence-electron chi connectivity index (χ1n) is 7.05. The van der Waals surface area contributed by atoms with Crippen molar-refractivity contribution in [2.24, 2.45) is 0 Å². The summed E-state index contributed by atoms with van der Waals surface area (Å²) in [6, 6.07) is 9.85. The molecule has 0 spiro atoms. The number of carboxylic acid groups (broad SMARTS) is 2. The number of aliphatic carboxylic acids is 2. The molecule has 3 N–H and O–H groups in total. The van der Waals surface area contributed by atoms with Crippen LogP contribution in [0.5, 0.6) is 11.5 Å². The van der Waals surface area contributed by atoms with Crippen LogP contribution in [0.1, 0.15) is 5.56 Å². The molecule has 24 heavy (non-hydrogen) atoms. The molecule has 0 bridgehead atoms. The quantitative estimate of drug-likeness (QED) is 0.726. The molecular formula is C16H16N2O6. The molecule has 2 aromatic rings. The van der Waals surface area contributed by atoms with Crippen molar-refractivity contribution in [1.29, 1.82) is 0 Å². The lowest BCUT2D eigenvalue weighted by Gasteiger charge is -2.19. The number of hydrogen-bond acceptors (Lipinski definition) is 6. The number of rotatable bonds is 3. The van der Waals surface area contributed by atoms with E-state index >= 15 is 0 Å². The number of aromatic nitrogens is 1. The summed E-state index contributed by atoms with van der Waals surface area (Å²) in [6.45, 7) is 1.97. The van der Waals surface area contributed by atoms with Crippen LogP contribution in [0.15, 0.2) is 42.7 Å². The smallest absolute Gasteiger partial charge is 0.414 e. The summed E-state index contributed by atoms with van der Waals surface area (Å²) in [5.74, 6) is -2.03. The molecule has 1 aromatic carbocycles. The van der Waals surface area contributed by atoms with Crippen LogP contribution < -0.4 is 14.8 Å². The first kappa shape index (κ1) is 17.1. The second-order valence-corrected chi connectivity index (χ2v) is 4.68. The van der Waals surface area contributed by atoms with E-state index < -0.39 is 11.9 Å². The van der Waals surface area contributed by atoms with E-state index in [0.29, 0.717) is 13.2 Å². The first-order valence-corrected chi connectivity index (χ1v) is 7.05. The van der Waals surface area contributed by atoms with Crippen molar-refractivity contribution in [3.63, 3.8) is 0 Å². The SMILES string of the molecule is O=C(O)C(=O)O.c1cncc(CNc2ccc3c(c2)OCCO3)c1. The number of nitrogens with zero attached hydrogens (tertiary/aromatic N) is 1. The second-order valence-electron chi connectivity index (χ2n) is 4.68. The molecule has 0 atom stereocenters. The van der Waals surface area contributed by atoms with Gasteiger partial charge in [0, 0.05) is 30.7 Å². The molecule has 3 rings (SSSR count). The molecule has 126 valence electrons. The minimum atomic E-state index is -1.82. The lowest BCUT2D eigenvalue weighted by Crippen LogP contribution is -2.15. The number of carboxylic acids is 2. The molecule has 0 amide bonds. The Balaban J connectivity index is 0.000000301. The largest absolute Gasteiger partial charge is 0.486 e. The van der Waals surface area contributed by atoms with Gasteiger partial charge >= 0.3 is 11.9 Å². The van der Waals surface area contributed by atoms with Gasteiger partial charge in [-0.15, -0.1) is 0 Å². The number of ether oxygens (including phenoxy) is 2. The number of carbonyl (C=O) groups is 2.